The molecule has 0 aliphatic heterocycles. The van der Waals surface area contributed by atoms with E-state index in [0.29, 0.717) is 13.2 Å². The molecule has 0 saturated carbocycles. The molecule has 0 spiro atoms. The SMILES string of the molecule is CCCNCCCCOCCCOCCOC. The fraction of sp³-hybridized carbons (Fsp3) is 1.00. The number of unbranched alkanes of at least 4 members (excludes halogenated alkanes) is 1. The molecule has 0 rings (SSSR count). The highest BCUT2D eigenvalue weighted by Crippen LogP contribution is 1.91. The molecule has 0 saturated heterocycles. The van der Waals surface area contributed by atoms with Crippen LogP contribution in [-0.2, 0) is 14.2 Å². The standard InChI is InChI=1S/C13H29NO3/c1-3-7-14-8-4-5-9-16-10-6-11-17-13-12-15-2/h14H,3-13H2,1-2H3. The van der Waals surface area contributed by atoms with Gasteiger partial charge in [0.25, 0.3) is 0 Å². The van der Waals surface area contributed by atoms with E-state index in [1.165, 1.54) is 12.8 Å². The summed E-state index contributed by atoms with van der Waals surface area (Å²) in [4.78, 5) is 0. The number of hydrogen-bond donors (Lipinski definition) is 1. The maximum absolute atomic E-state index is 5.51. The van der Waals surface area contributed by atoms with Crippen molar-refractivity contribution in [2.75, 3.05) is 53.2 Å². The predicted molar refractivity (Wildman–Crippen MR) is 70.5 cm³/mol. The maximum atomic E-state index is 5.51. The topological polar surface area (TPSA) is 39.7 Å². The predicted octanol–water partition coefficient (Wildman–Crippen LogP) is 1.84. The van der Waals surface area contributed by atoms with Gasteiger partial charge in [-0.3, -0.25) is 0 Å². The van der Waals surface area contributed by atoms with E-state index >= 15 is 0 Å². The third-order valence-electron chi connectivity index (χ3n) is 2.33. The van der Waals surface area contributed by atoms with E-state index in [0.717, 1.165) is 45.8 Å². The van der Waals surface area contributed by atoms with Crippen LogP contribution in [0, 0.1) is 0 Å². The van der Waals surface area contributed by atoms with Crippen LogP contribution in [0.5, 0.6) is 0 Å². The molecule has 104 valence electrons. The molecule has 0 aliphatic carbocycles. The molecule has 0 aromatic carbocycles. The van der Waals surface area contributed by atoms with Crippen LogP contribution in [0.15, 0.2) is 0 Å². The van der Waals surface area contributed by atoms with Gasteiger partial charge in [-0.15, -0.1) is 0 Å². The summed E-state index contributed by atoms with van der Waals surface area (Å²) in [5.74, 6) is 0. The molecule has 0 aromatic rings. The molecule has 0 fully saturated rings. The first-order valence-corrected chi connectivity index (χ1v) is 6.77. The zero-order chi connectivity index (χ0) is 12.6. The number of hydrogen-bond acceptors (Lipinski definition) is 4. The van der Waals surface area contributed by atoms with Gasteiger partial charge in [0.05, 0.1) is 13.2 Å². The van der Waals surface area contributed by atoms with E-state index in [9.17, 15) is 0 Å². The average Bonchev–Trinajstić information content (AvgIpc) is 2.35. The lowest BCUT2D eigenvalue weighted by Crippen LogP contribution is -2.16. The van der Waals surface area contributed by atoms with Crippen LogP contribution in [0.2, 0.25) is 0 Å². The van der Waals surface area contributed by atoms with Gasteiger partial charge in [-0.2, -0.15) is 0 Å². The third kappa shape index (κ3) is 15.8. The number of nitrogens with one attached hydrogen (secondary N) is 1. The minimum Gasteiger partial charge on any atom is -0.382 e. The lowest BCUT2D eigenvalue weighted by Gasteiger charge is -2.06. The van der Waals surface area contributed by atoms with Gasteiger partial charge in [0, 0.05) is 26.9 Å². The van der Waals surface area contributed by atoms with E-state index in [1.54, 1.807) is 7.11 Å². The largest absolute Gasteiger partial charge is 0.382 e. The van der Waals surface area contributed by atoms with Crippen LogP contribution >= 0.6 is 0 Å². The second-order valence-electron chi connectivity index (χ2n) is 4.03. The summed E-state index contributed by atoms with van der Waals surface area (Å²) in [6, 6.07) is 0. The first kappa shape index (κ1) is 16.8. The normalized spacial score (nSPS) is 10.9. The summed E-state index contributed by atoms with van der Waals surface area (Å²) in [6.45, 7) is 8.20. The quantitative estimate of drug-likeness (QED) is 0.475. The Hall–Kier alpha value is -0.160. The van der Waals surface area contributed by atoms with Gasteiger partial charge in [-0.25, -0.2) is 0 Å². The maximum Gasteiger partial charge on any atom is 0.0700 e. The third-order valence-corrected chi connectivity index (χ3v) is 2.33. The number of methoxy groups -OCH3 is 1. The second-order valence-corrected chi connectivity index (χ2v) is 4.03. The summed E-state index contributed by atoms with van der Waals surface area (Å²) in [5.41, 5.74) is 0. The molecular weight excluding hydrogens is 218 g/mol. The van der Waals surface area contributed by atoms with E-state index in [4.69, 9.17) is 14.2 Å². The Labute approximate surface area is 106 Å². The summed E-state index contributed by atoms with van der Waals surface area (Å²) in [5, 5.41) is 3.38. The van der Waals surface area contributed by atoms with Crippen LogP contribution in [0.3, 0.4) is 0 Å². The van der Waals surface area contributed by atoms with E-state index < -0.39 is 0 Å². The first-order chi connectivity index (χ1) is 8.41. The molecule has 4 heteroatoms. The van der Waals surface area contributed by atoms with E-state index in [-0.39, 0.29) is 0 Å². The van der Waals surface area contributed by atoms with Crippen molar-refractivity contribution in [2.45, 2.75) is 32.6 Å². The average molecular weight is 247 g/mol. The van der Waals surface area contributed by atoms with Crippen LogP contribution in [0.25, 0.3) is 0 Å². The van der Waals surface area contributed by atoms with Crippen molar-refractivity contribution in [1.29, 1.82) is 0 Å². The fourth-order valence-corrected chi connectivity index (χ4v) is 1.37. The highest BCUT2D eigenvalue weighted by molar-refractivity contribution is 4.46. The van der Waals surface area contributed by atoms with Crippen molar-refractivity contribution in [2.24, 2.45) is 0 Å². The molecule has 17 heavy (non-hydrogen) atoms. The Kier molecular flexibility index (Phi) is 15.7. The van der Waals surface area contributed by atoms with Crippen molar-refractivity contribution in [3.8, 4) is 0 Å². The molecule has 0 aromatic heterocycles. The Morgan fingerprint density at radius 1 is 0.765 bits per heavy atom. The summed E-state index contributed by atoms with van der Waals surface area (Å²) < 4.78 is 15.7. The van der Waals surface area contributed by atoms with Gasteiger partial charge in [0.2, 0.25) is 0 Å². The molecular formula is C13H29NO3. The second kappa shape index (κ2) is 15.8. The van der Waals surface area contributed by atoms with Gasteiger partial charge in [0.15, 0.2) is 0 Å². The zero-order valence-electron chi connectivity index (χ0n) is 11.5. The van der Waals surface area contributed by atoms with Crippen molar-refractivity contribution in [3.63, 3.8) is 0 Å². The van der Waals surface area contributed by atoms with Gasteiger partial charge in [-0.1, -0.05) is 6.92 Å². The lowest BCUT2D eigenvalue weighted by atomic mass is 10.3. The minimum absolute atomic E-state index is 0.672. The monoisotopic (exact) mass is 247 g/mol. The van der Waals surface area contributed by atoms with Crippen molar-refractivity contribution < 1.29 is 14.2 Å². The first-order valence-electron chi connectivity index (χ1n) is 6.77. The molecule has 0 amide bonds. The Morgan fingerprint density at radius 2 is 1.47 bits per heavy atom. The van der Waals surface area contributed by atoms with Crippen LogP contribution in [0.1, 0.15) is 32.6 Å². The van der Waals surface area contributed by atoms with E-state index in [1.807, 2.05) is 0 Å². The fourth-order valence-electron chi connectivity index (χ4n) is 1.37. The van der Waals surface area contributed by atoms with Gasteiger partial charge >= 0.3 is 0 Å². The summed E-state index contributed by atoms with van der Waals surface area (Å²) in [7, 11) is 1.68. The Bertz CT molecular complexity index is 120. The lowest BCUT2D eigenvalue weighted by molar-refractivity contribution is 0.0509. The molecule has 1 N–H and O–H groups in total. The van der Waals surface area contributed by atoms with E-state index in [2.05, 4.69) is 12.2 Å². The molecule has 0 radical (unpaired) electrons. The van der Waals surface area contributed by atoms with Crippen LogP contribution in [0.4, 0.5) is 0 Å². The van der Waals surface area contributed by atoms with Crippen molar-refractivity contribution in [3.05, 3.63) is 0 Å². The van der Waals surface area contributed by atoms with Gasteiger partial charge in [0.1, 0.15) is 0 Å². The molecule has 0 atom stereocenters. The van der Waals surface area contributed by atoms with Crippen molar-refractivity contribution in [1.82, 2.24) is 5.32 Å². The minimum atomic E-state index is 0.672. The van der Waals surface area contributed by atoms with Crippen LogP contribution < -0.4 is 5.32 Å². The molecule has 0 bridgehead atoms. The Balaban J connectivity index is 2.85. The van der Waals surface area contributed by atoms with Gasteiger partial charge in [-0.05, 0) is 38.8 Å². The number of rotatable bonds is 14. The van der Waals surface area contributed by atoms with Crippen molar-refractivity contribution >= 4 is 0 Å². The van der Waals surface area contributed by atoms with Gasteiger partial charge < -0.3 is 19.5 Å². The zero-order valence-corrected chi connectivity index (χ0v) is 11.5. The highest BCUT2D eigenvalue weighted by Gasteiger charge is 1.92. The highest BCUT2D eigenvalue weighted by atomic mass is 16.5. The summed E-state index contributed by atoms with van der Waals surface area (Å²) in [6.07, 6.45) is 4.52. The number of ether oxygens (including phenoxy) is 3. The smallest absolute Gasteiger partial charge is 0.0700 e. The molecule has 4 nitrogen and oxygen atoms in total. The Morgan fingerprint density at radius 3 is 2.18 bits per heavy atom. The van der Waals surface area contributed by atoms with Crippen LogP contribution in [-0.4, -0.2) is 53.2 Å². The molecule has 0 unspecified atom stereocenters. The molecule has 0 aliphatic rings. The summed E-state index contributed by atoms with van der Waals surface area (Å²) >= 11 is 0. The molecule has 0 heterocycles.